The van der Waals surface area contributed by atoms with Crippen LogP contribution in [0.15, 0.2) is 77.7 Å². The molecule has 7 nitrogen and oxygen atoms in total. The molecule has 1 aliphatic carbocycles. The van der Waals surface area contributed by atoms with Gasteiger partial charge >= 0.3 is 0 Å². The number of halogens is 1. The SMILES string of the molecule is Cc1ccc(S(=O)(=O)N(CC(=O)N(Cc2ccc(F)cc2)[C@H](C)C(=O)NC2CCCC2)c2cccc(C)c2)cc1. The van der Waals surface area contributed by atoms with Crippen LogP contribution in [0.3, 0.4) is 0 Å². The predicted molar refractivity (Wildman–Crippen MR) is 154 cm³/mol. The molecule has 9 heteroatoms. The Balaban J connectivity index is 1.68. The summed E-state index contributed by atoms with van der Waals surface area (Å²) < 4.78 is 42.4. The van der Waals surface area contributed by atoms with Gasteiger partial charge in [-0.25, -0.2) is 12.8 Å². The lowest BCUT2D eigenvalue weighted by atomic mass is 10.1. The van der Waals surface area contributed by atoms with Gasteiger partial charge in [0.2, 0.25) is 11.8 Å². The maximum atomic E-state index is 14.0. The molecule has 0 spiro atoms. The average molecular weight is 566 g/mol. The molecule has 3 aromatic carbocycles. The van der Waals surface area contributed by atoms with Crippen LogP contribution in [0.1, 0.15) is 49.3 Å². The summed E-state index contributed by atoms with van der Waals surface area (Å²) in [6.07, 6.45) is 3.86. The summed E-state index contributed by atoms with van der Waals surface area (Å²) in [5.41, 5.74) is 2.71. The number of carbonyl (C=O) groups is 2. The molecule has 4 rings (SSSR count). The minimum Gasteiger partial charge on any atom is -0.352 e. The number of rotatable bonds is 10. The van der Waals surface area contributed by atoms with Crippen LogP contribution in [0.4, 0.5) is 10.1 Å². The highest BCUT2D eigenvalue weighted by Crippen LogP contribution is 2.26. The number of aryl methyl sites for hydroxylation is 2. The number of nitrogens with zero attached hydrogens (tertiary/aromatic N) is 2. The Labute approximate surface area is 236 Å². The van der Waals surface area contributed by atoms with E-state index in [1.165, 1.54) is 29.2 Å². The summed E-state index contributed by atoms with van der Waals surface area (Å²) in [5.74, 6) is -1.26. The normalized spacial score (nSPS) is 14.5. The van der Waals surface area contributed by atoms with Crippen molar-refractivity contribution >= 4 is 27.5 Å². The van der Waals surface area contributed by atoms with Crippen LogP contribution in [-0.4, -0.2) is 43.8 Å². The van der Waals surface area contributed by atoms with Crippen molar-refractivity contribution in [2.75, 3.05) is 10.8 Å². The van der Waals surface area contributed by atoms with Crippen LogP contribution >= 0.6 is 0 Å². The van der Waals surface area contributed by atoms with Crippen molar-refractivity contribution in [3.63, 3.8) is 0 Å². The predicted octanol–water partition coefficient (Wildman–Crippen LogP) is 5.11. The highest BCUT2D eigenvalue weighted by molar-refractivity contribution is 7.92. The number of anilines is 1. The first-order chi connectivity index (χ1) is 19.0. The Morgan fingerprint density at radius 3 is 2.23 bits per heavy atom. The molecule has 1 saturated carbocycles. The molecule has 0 bridgehead atoms. The molecule has 3 aromatic rings. The van der Waals surface area contributed by atoms with E-state index in [0.717, 1.165) is 41.1 Å². The van der Waals surface area contributed by atoms with Gasteiger partial charge in [-0.3, -0.25) is 13.9 Å². The smallest absolute Gasteiger partial charge is 0.264 e. The van der Waals surface area contributed by atoms with E-state index in [0.29, 0.717) is 11.3 Å². The lowest BCUT2D eigenvalue weighted by molar-refractivity contribution is -0.139. The summed E-state index contributed by atoms with van der Waals surface area (Å²) in [4.78, 5) is 28.6. The Morgan fingerprint density at radius 2 is 1.60 bits per heavy atom. The van der Waals surface area contributed by atoms with Crippen LogP contribution in [-0.2, 0) is 26.2 Å². The molecule has 0 aromatic heterocycles. The topological polar surface area (TPSA) is 86.8 Å². The van der Waals surface area contributed by atoms with Gasteiger partial charge in [-0.1, -0.05) is 54.8 Å². The fraction of sp³-hybridized carbons (Fsp3) is 0.355. The fourth-order valence-corrected chi connectivity index (χ4v) is 6.32. The number of benzene rings is 3. The third-order valence-corrected chi connectivity index (χ3v) is 9.10. The molecular weight excluding hydrogens is 529 g/mol. The Hall–Kier alpha value is -3.72. The molecule has 1 fully saturated rings. The van der Waals surface area contributed by atoms with Crippen molar-refractivity contribution in [2.45, 2.75) is 70.0 Å². The van der Waals surface area contributed by atoms with Gasteiger partial charge in [0.15, 0.2) is 0 Å². The van der Waals surface area contributed by atoms with Gasteiger partial charge in [-0.05, 0) is 81.1 Å². The van der Waals surface area contributed by atoms with E-state index >= 15 is 0 Å². The zero-order valence-corrected chi connectivity index (χ0v) is 24.0. The summed E-state index contributed by atoms with van der Waals surface area (Å²) in [7, 11) is -4.12. The maximum Gasteiger partial charge on any atom is 0.264 e. The quantitative estimate of drug-likeness (QED) is 0.370. The van der Waals surface area contributed by atoms with E-state index in [2.05, 4.69) is 5.32 Å². The van der Waals surface area contributed by atoms with E-state index in [1.54, 1.807) is 49.4 Å². The third kappa shape index (κ3) is 7.07. The monoisotopic (exact) mass is 565 g/mol. The number of hydrogen-bond acceptors (Lipinski definition) is 4. The summed E-state index contributed by atoms with van der Waals surface area (Å²) in [6, 6.07) is 18.3. The highest BCUT2D eigenvalue weighted by Gasteiger charge is 2.33. The lowest BCUT2D eigenvalue weighted by Gasteiger charge is -2.32. The van der Waals surface area contributed by atoms with Gasteiger partial charge in [-0.2, -0.15) is 0 Å². The molecule has 0 saturated heterocycles. The largest absolute Gasteiger partial charge is 0.352 e. The Morgan fingerprint density at radius 1 is 0.950 bits per heavy atom. The Kier molecular flexibility index (Phi) is 9.25. The maximum absolute atomic E-state index is 14.0. The zero-order chi connectivity index (χ0) is 28.9. The van der Waals surface area contributed by atoms with Gasteiger partial charge in [0.05, 0.1) is 10.6 Å². The number of nitrogens with one attached hydrogen (secondary N) is 1. The third-order valence-electron chi connectivity index (χ3n) is 7.31. The van der Waals surface area contributed by atoms with Crippen LogP contribution in [0.25, 0.3) is 0 Å². The van der Waals surface area contributed by atoms with Crippen LogP contribution < -0.4 is 9.62 Å². The molecule has 0 radical (unpaired) electrons. The van der Waals surface area contributed by atoms with Crippen molar-refractivity contribution in [3.05, 3.63) is 95.3 Å². The van der Waals surface area contributed by atoms with Crippen molar-refractivity contribution in [1.82, 2.24) is 10.2 Å². The minimum atomic E-state index is -4.12. The molecular formula is C31H36FN3O4S. The average Bonchev–Trinajstić information content (AvgIpc) is 3.44. The molecule has 1 N–H and O–H groups in total. The molecule has 40 heavy (non-hydrogen) atoms. The van der Waals surface area contributed by atoms with Crippen molar-refractivity contribution in [1.29, 1.82) is 0 Å². The standard InChI is InChI=1S/C31H36FN3O4S/c1-22-11-17-29(18-12-22)40(38,39)35(28-10-6-7-23(2)19-28)21-30(36)34(20-25-13-15-26(32)16-14-25)24(3)31(37)33-27-8-4-5-9-27/h6-7,10-19,24,27H,4-5,8-9,20-21H2,1-3H3,(H,33,37)/t24-/m1/s1. The minimum absolute atomic E-state index is 0.0185. The van der Waals surface area contributed by atoms with Crippen LogP contribution in [0.2, 0.25) is 0 Å². The van der Waals surface area contributed by atoms with Crippen LogP contribution in [0.5, 0.6) is 0 Å². The molecule has 0 aliphatic heterocycles. The zero-order valence-electron chi connectivity index (χ0n) is 23.1. The highest BCUT2D eigenvalue weighted by atomic mass is 32.2. The van der Waals surface area contributed by atoms with E-state index in [-0.39, 0.29) is 23.4 Å². The number of amides is 2. The molecule has 2 amide bonds. The van der Waals surface area contributed by atoms with E-state index in [1.807, 2.05) is 19.9 Å². The van der Waals surface area contributed by atoms with Gasteiger partial charge < -0.3 is 10.2 Å². The first-order valence-corrected chi connectivity index (χ1v) is 15.0. The molecule has 1 atom stereocenters. The first kappa shape index (κ1) is 29.3. The number of carbonyl (C=O) groups excluding carboxylic acids is 2. The van der Waals surface area contributed by atoms with Gasteiger partial charge in [-0.15, -0.1) is 0 Å². The molecule has 0 heterocycles. The van der Waals surface area contributed by atoms with E-state index < -0.39 is 34.3 Å². The second-order valence-electron chi connectivity index (χ2n) is 10.5. The fourth-order valence-electron chi connectivity index (χ4n) is 4.91. The van der Waals surface area contributed by atoms with E-state index in [9.17, 15) is 22.4 Å². The molecule has 0 unspecified atom stereocenters. The first-order valence-electron chi connectivity index (χ1n) is 13.5. The van der Waals surface area contributed by atoms with Crippen LogP contribution in [0, 0.1) is 19.7 Å². The lowest BCUT2D eigenvalue weighted by Crippen LogP contribution is -2.52. The van der Waals surface area contributed by atoms with Crippen molar-refractivity contribution in [3.8, 4) is 0 Å². The summed E-state index contributed by atoms with van der Waals surface area (Å²) in [6.45, 7) is 4.85. The van der Waals surface area contributed by atoms with Crippen molar-refractivity contribution < 1.29 is 22.4 Å². The second kappa shape index (κ2) is 12.6. The molecule has 1 aliphatic rings. The van der Waals surface area contributed by atoms with Gasteiger partial charge in [0, 0.05) is 12.6 Å². The molecule has 212 valence electrons. The van der Waals surface area contributed by atoms with Gasteiger partial charge in [0.1, 0.15) is 18.4 Å². The number of hydrogen-bond donors (Lipinski definition) is 1. The Bertz CT molecular complexity index is 1440. The summed E-state index contributed by atoms with van der Waals surface area (Å²) >= 11 is 0. The van der Waals surface area contributed by atoms with E-state index in [4.69, 9.17) is 0 Å². The summed E-state index contributed by atoms with van der Waals surface area (Å²) in [5, 5.41) is 3.04. The number of sulfonamides is 1. The van der Waals surface area contributed by atoms with Gasteiger partial charge in [0.25, 0.3) is 10.0 Å². The van der Waals surface area contributed by atoms with Crippen molar-refractivity contribution in [2.24, 2.45) is 0 Å². The second-order valence-corrected chi connectivity index (χ2v) is 12.3.